The van der Waals surface area contributed by atoms with E-state index in [2.05, 4.69) is 36.5 Å². The fourth-order valence-corrected chi connectivity index (χ4v) is 1.94. The van der Waals surface area contributed by atoms with Gasteiger partial charge in [0.25, 0.3) is 0 Å². The molecule has 0 fully saturated rings. The van der Waals surface area contributed by atoms with Crippen LogP contribution in [0.2, 0.25) is 0 Å². The summed E-state index contributed by atoms with van der Waals surface area (Å²) >= 11 is 0. The lowest BCUT2D eigenvalue weighted by molar-refractivity contribution is 0.592. The Hall–Kier alpha value is -1.96. The Morgan fingerprint density at radius 2 is 1.61 bits per heavy atom. The monoisotopic (exact) mass is 238 g/mol. The molecule has 0 radical (unpaired) electrons. The highest BCUT2D eigenvalue weighted by Gasteiger charge is 2.26. The SMILES string of the molecule is C=Cc1cccc(C(C)(C)c2cccc(C)n2)n1. The first-order valence-electron chi connectivity index (χ1n) is 6.08. The minimum Gasteiger partial charge on any atom is -0.257 e. The summed E-state index contributed by atoms with van der Waals surface area (Å²) in [5.41, 5.74) is 3.77. The Labute approximate surface area is 108 Å². The first-order chi connectivity index (χ1) is 8.54. The van der Waals surface area contributed by atoms with Gasteiger partial charge < -0.3 is 0 Å². The third-order valence-corrected chi connectivity index (χ3v) is 3.15. The molecule has 0 aliphatic heterocycles. The molecule has 2 rings (SSSR count). The highest BCUT2D eigenvalue weighted by Crippen LogP contribution is 2.28. The van der Waals surface area contributed by atoms with Crippen LogP contribution in [0.5, 0.6) is 0 Å². The second-order valence-electron chi connectivity index (χ2n) is 4.94. The van der Waals surface area contributed by atoms with E-state index in [1.807, 2.05) is 37.3 Å². The van der Waals surface area contributed by atoms with Gasteiger partial charge in [-0.15, -0.1) is 0 Å². The molecule has 0 saturated heterocycles. The second kappa shape index (κ2) is 4.73. The van der Waals surface area contributed by atoms with Gasteiger partial charge in [-0.05, 0) is 51.1 Å². The lowest BCUT2D eigenvalue weighted by Crippen LogP contribution is -2.22. The molecule has 0 saturated carbocycles. The smallest absolute Gasteiger partial charge is 0.0627 e. The summed E-state index contributed by atoms with van der Waals surface area (Å²) in [7, 11) is 0. The number of hydrogen-bond donors (Lipinski definition) is 0. The summed E-state index contributed by atoms with van der Waals surface area (Å²) in [5.74, 6) is 0. The maximum atomic E-state index is 4.61. The zero-order valence-corrected chi connectivity index (χ0v) is 11.1. The van der Waals surface area contributed by atoms with Gasteiger partial charge in [-0.25, -0.2) is 0 Å². The molecule has 0 aliphatic carbocycles. The Balaban J connectivity index is 2.49. The van der Waals surface area contributed by atoms with E-state index in [0.717, 1.165) is 22.8 Å². The third kappa shape index (κ3) is 2.33. The molecule has 2 aromatic heterocycles. The summed E-state index contributed by atoms with van der Waals surface area (Å²) in [4.78, 5) is 9.22. The van der Waals surface area contributed by atoms with Crippen LogP contribution < -0.4 is 0 Å². The van der Waals surface area contributed by atoms with Crippen LogP contribution >= 0.6 is 0 Å². The van der Waals surface area contributed by atoms with Crippen molar-refractivity contribution in [2.75, 3.05) is 0 Å². The number of aromatic nitrogens is 2. The Morgan fingerprint density at radius 3 is 2.22 bits per heavy atom. The molecule has 0 aliphatic rings. The van der Waals surface area contributed by atoms with Crippen molar-refractivity contribution < 1.29 is 0 Å². The van der Waals surface area contributed by atoms with Gasteiger partial charge in [0.1, 0.15) is 0 Å². The van der Waals surface area contributed by atoms with Gasteiger partial charge in [0.05, 0.1) is 17.1 Å². The van der Waals surface area contributed by atoms with E-state index < -0.39 is 0 Å². The molecule has 0 bridgehead atoms. The first kappa shape index (κ1) is 12.5. The van der Waals surface area contributed by atoms with Crippen molar-refractivity contribution in [1.82, 2.24) is 9.97 Å². The number of pyridine rings is 2. The molecule has 0 unspecified atom stereocenters. The molecule has 2 aromatic rings. The molecule has 0 amide bonds. The number of rotatable bonds is 3. The predicted molar refractivity (Wildman–Crippen MR) is 75.4 cm³/mol. The summed E-state index contributed by atoms with van der Waals surface area (Å²) in [6, 6.07) is 12.1. The second-order valence-corrected chi connectivity index (χ2v) is 4.94. The van der Waals surface area contributed by atoms with Crippen molar-refractivity contribution in [3.05, 3.63) is 65.8 Å². The van der Waals surface area contributed by atoms with Crippen molar-refractivity contribution in [3.63, 3.8) is 0 Å². The van der Waals surface area contributed by atoms with Crippen molar-refractivity contribution >= 4 is 6.08 Å². The van der Waals surface area contributed by atoms with E-state index in [9.17, 15) is 0 Å². The normalized spacial score (nSPS) is 11.3. The maximum absolute atomic E-state index is 4.61. The molecule has 2 heteroatoms. The highest BCUT2D eigenvalue weighted by atomic mass is 14.8. The van der Waals surface area contributed by atoms with Crippen LogP contribution in [0.1, 0.15) is 36.6 Å². The van der Waals surface area contributed by atoms with Crippen molar-refractivity contribution in [2.45, 2.75) is 26.2 Å². The number of aryl methyl sites for hydroxylation is 1. The Morgan fingerprint density at radius 1 is 1.00 bits per heavy atom. The Bertz CT molecular complexity index is 571. The van der Waals surface area contributed by atoms with Crippen LogP contribution in [0.15, 0.2) is 43.0 Å². The lowest BCUT2D eigenvalue weighted by Gasteiger charge is -2.24. The fourth-order valence-electron chi connectivity index (χ4n) is 1.94. The van der Waals surface area contributed by atoms with Crippen molar-refractivity contribution in [1.29, 1.82) is 0 Å². The highest BCUT2D eigenvalue weighted by molar-refractivity contribution is 5.43. The van der Waals surface area contributed by atoms with Crippen LogP contribution in [-0.2, 0) is 5.41 Å². The minimum absolute atomic E-state index is 0.203. The molecule has 0 atom stereocenters. The summed E-state index contributed by atoms with van der Waals surface area (Å²) in [6.07, 6.45) is 1.77. The van der Waals surface area contributed by atoms with Crippen LogP contribution in [0.4, 0.5) is 0 Å². The molecule has 2 nitrogen and oxygen atoms in total. The number of nitrogens with zero attached hydrogens (tertiary/aromatic N) is 2. The average molecular weight is 238 g/mol. The molecule has 0 spiro atoms. The largest absolute Gasteiger partial charge is 0.257 e. The van der Waals surface area contributed by atoms with Gasteiger partial charge in [-0.1, -0.05) is 18.7 Å². The van der Waals surface area contributed by atoms with Crippen LogP contribution in [0.3, 0.4) is 0 Å². The van der Waals surface area contributed by atoms with E-state index in [0.29, 0.717) is 0 Å². The van der Waals surface area contributed by atoms with Gasteiger partial charge >= 0.3 is 0 Å². The average Bonchev–Trinajstić information content (AvgIpc) is 2.39. The summed E-state index contributed by atoms with van der Waals surface area (Å²) < 4.78 is 0. The third-order valence-electron chi connectivity index (χ3n) is 3.15. The Kier molecular flexibility index (Phi) is 3.28. The molecular formula is C16H18N2. The lowest BCUT2D eigenvalue weighted by atomic mass is 9.84. The standard InChI is InChI=1S/C16H18N2/c1-5-13-9-7-11-15(18-13)16(3,4)14-10-6-8-12(2)17-14/h5-11H,1H2,2-4H3. The molecule has 0 aromatic carbocycles. The van der Waals surface area contributed by atoms with Crippen LogP contribution in [-0.4, -0.2) is 9.97 Å². The predicted octanol–water partition coefficient (Wildman–Crippen LogP) is 3.75. The van der Waals surface area contributed by atoms with Crippen LogP contribution in [0.25, 0.3) is 6.08 Å². The van der Waals surface area contributed by atoms with E-state index >= 15 is 0 Å². The topological polar surface area (TPSA) is 25.8 Å². The van der Waals surface area contributed by atoms with Crippen molar-refractivity contribution in [3.8, 4) is 0 Å². The molecule has 18 heavy (non-hydrogen) atoms. The molecule has 92 valence electrons. The number of hydrogen-bond acceptors (Lipinski definition) is 2. The maximum Gasteiger partial charge on any atom is 0.0627 e. The van der Waals surface area contributed by atoms with Gasteiger partial charge in [-0.3, -0.25) is 9.97 Å². The quantitative estimate of drug-likeness (QED) is 0.813. The fraction of sp³-hybridized carbons (Fsp3) is 0.250. The summed E-state index contributed by atoms with van der Waals surface area (Å²) in [5, 5.41) is 0. The van der Waals surface area contributed by atoms with Gasteiger partial charge in [-0.2, -0.15) is 0 Å². The summed E-state index contributed by atoms with van der Waals surface area (Å²) in [6.45, 7) is 10.1. The minimum atomic E-state index is -0.203. The molecule has 0 N–H and O–H groups in total. The van der Waals surface area contributed by atoms with E-state index in [-0.39, 0.29) is 5.41 Å². The van der Waals surface area contributed by atoms with Gasteiger partial charge in [0, 0.05) is 11.1 Å². The zero-order chi connectivity index (χ0) is 13.2. The molecule has 2 heterocycles. The zero-order valence-electron chi connectivity index (χ0n) is 11.1. The van der Waals surface area contributed by atoms with Crippen molar-refractivity contribution in [2.24, 2.45) is 0 Å². The van der Waals surface area contributed by atoms with Crippen LogP contribution in [0, 0.1) is 6.92 Å². The van der Waals surface area contributed by atoms with E-state index in [4.69, 9.17) is 0 Å². The van der Waals surface area contributed by atoms with Gasteiger partial charge in [0.2, 0.25) is 0 Å². The van der Waals surface area contributed by atoms with E-state index in [1.54, 1.807) is 6.08 Å². The van der Waals surface area contributed by atoms with E-state index in [1.165, 1.54) is 0 Å². The molecular weight excluding hydrogens is 220 g/mol. The van der Waals surface area contributed by atoms with Gasteiger partial charge in [0.15, 0.2) is 0 Å². The first-order valence-corrected chi connectivity index (χ1v) is 6.08.